The second kappa shape index (κ2) is 9.53. The highest BCUT2D eigenvalue weighted by molar-refractivity contribution is 7.80. The van der Waals surface area contributed by atoms with Crippen molar-refractivity contribution in [2.45, 2.75) is 12.8 Å². The Morgan fingerprint density at radius 2 is 1.77 bits per heavy atom. The number of carbonyl (C=O) groups excluding carboxylic acids is 2. The molecule has 0 heterocycles. The molecule has 0 bridgehead atoms. The van der Waals surface area contributed by atoms with Gasteiger partial charge in [0.25, 0.3) is 5.91 Å². The molecule has 0 saturated heterocycles. The fourth-order valence-corrected chi connectivity index (χ4v) is 2.51. The molecule has 6 nitrogen and oxygen atoms in total. The molecule has 2 rings (SSSR count). The highest BCUT2D eigenvalue weighted by Gasteiger charge is 2.12. The van der Waals surface area contributed by atoms with Gasteiger partial charge >= 0.3 is 0 Å². The maximum Gasteiger partial charge on any atom is 0.261 e. The lowest BCUT2D eigenvalue weighted by Gasteiger charge is -2.12. The molecular formula is C19H21N3O3S. The number of hydrogen-bond acceptors (Lipinski definition) is 4. The number of aryl methyl sites for hydroxylation is 1. The molecule has 0 aliphatic carbocycles. The third kappa shape index (κ3) is 5.56. The van der Waals surface area contributed by atoms with Crippen LogP contribution in [0, 0.1) is 0 Å². The van der Waals surface area contributed by atoms with Crippen LogP contribution in [0.1, 0.15) is 22.3 Å². The predicted molar refractivity (Wildman–Crippen MR) is 106 cm³/mol. The number of para-hydroxylation sites is 1. The largest absolute Gasteiger partial charge is 0.496 e. The van der Waals surface area contributed by atoms with Crippen molar-refractivity contribution in [1.82, 2.24) is 10.6 Å². The maximum atomic E-state index is 12.3. The number of thiocarbonyl (C=S) groups is 1. The lowest BCUT2D eigenvalue weighted by Crippen LogP contribution is -2.34. The minimum atomic E-state index is -0.345. The van der Waals surface area contributed by atoms with E-state index in [1.54, 1.807) is 31.3 Å². The summed E-state index contributed by atoms with van der Waals surface area (Å²) in [5, 5.41) is 8.38. The Labute approximate surface area is 157 Å². The van der Waals surface area contributed by atoms with Gasteiger partial charge in [0.15, 0.2) is 5.11 Å². The van der Waals surface area contributed by atoms with Crippen LogP contribution >= 0.6 is 12.2 Å². The molecule has 0 radical (unpaired) electrons. The van der Waals surface area contributed by atoms with E-state index in [1.807, 2.05) is 24.3 Å². The quantitative estimate of drug-likeness (QED) is 0.680. The number of hydrogen-bond donors (Lipinski definition) is 3. The SMILES string of the molecule is CNC(=O)CCc1ccc(NC(=S)NC(=O)c2ccccc2OC)cc1. The maximum absolute atomic E-state index is 12.3. The Balaban J connectivity index is 1.91. The first-order chi connectivity index (χ1) is 12.5. The third-order valence-corrected chi connectivity index (χ3v) is 3.91. The second-order valence-electron chi connectivity index (χ2n) is 5.48. The normalized spacial score (nSPS) is 9.92. The first-order valence-electron chi connectivity index (χ1n) is 8.08. The van der Waals surface area contributed by atoms with Crippen molar-refractivity contribution in [3.8, 4) is 5.75 Å². The summed E-state index contributed by atoms with van der Waals surface area (Å²) in [6.45, 7) is 0. The Bertz CT molecular complexity index is 791. The highest BCUT2D eigenvalue weighted by Crippen LogP contribution is 2.17. The van der Waals surface area contributed by atoms with Crippen LogP contribution in [-0.4, -0.2) is 31.1 Å². The van der Waals surface area contributed by atoms with Crippen LogP contribution in [0.3, 0.4) is 0 Å². The Hall–Kier alpha value is -2.93. The Morgan fingerprint density at radius 1 is 1.08 bits per heavy atom. The minimum absolute atomic E-state index is 0.00688. The zero-order valence-corrected chi connectivity index (χ0v) is 15.5. The minimum Gasteiger partial charge on any atom is -0.496 e. The molecule has 7 heteroatoms. The van der Waals surface area contributed by atoms with Gasteiger partial charge in [-0.15, -0.1) is 0 Å². The van der Waals surface area contributed by atoms with Gasteiger partial charge in [0.1, 0.15) is 5.75 Å². The van der Waals surface area contributed by atoms with E-state index in [0.29, 0.717) is 24.2 Å². The third-order valence-electron chi connectivity index (χ3n) is 3.71. The van der Waals surface area contributed by atoms with E-state index in [2.05, 4.69) is 16.0 Å². The van der Waals surface area contributed by atoms with Crippen LogP contribution in [0.4, 0.5) is 5.69 Å². The van der Waals surface area contributed by atoms with Crippen molar-refractivity contribution in [2.75, 3.05) is 19.5 Å². The number of ether oxygens (including phenoxy) is 1. The summed E-state index contributed by atoms with van der Waals surface area (Å²) in [5.74, 6) is 0.142. The number of benzene rings is 2. The molecule has 0 atom stereocenters. The van der Waals surface area contributed by atoms with Crippen LogP contribution in [0.5, 0.6) is 5.75 Å². The van der Waals surface area contributed by atoms with Gasteiger partial charge in [-0.2, -0.15) is 0 Å². The predicted octanol–water partition coefficient (Wildman–Crippen LogP) is 2.50. The number of carbonyl (C=O) groups is 2. The van der Waals surface area contributed by atoms with Crippen molar-refractivity contribution in [1.29, 1.82) is 0 Å². The number of amides is 2. The fourth-order valence-electron chi connectivity index (χ4n) is 2.30. The number of methoxy groups -OCH3 is 1. The van der Waals surface area contributed by atoms with Gasteiger partial charge in [-0.3, -0.25) is 14.9 Å². The molecule has 26 heavy (non-hydrogen) atoms. The van der Waals surface area contributed by atoms with Gasteiger partial charge in [-0.1, -0.05) is 24.3 Å². The molecule has 2 amide bonds. The molecule has 2 aromatic carbocycles. The first-order valence-corrected chi connectivity index (χ1v) is 8.49. The highest BCUT2D eigenvalue weighted by atomic mass is 32.1. The molecular weight excluding hydrogens is 350 g/mol. The van der Waals surface area contributed by atoms with Gasteiger partial charge in [0.05, 0.1) is 12.7 Å². The molecule has 0 spiro atoms. The van der Waals surface area contributed by atoms with E-state index < -0.39 is 0 Å². The van der Waals surface area contributed by atoms with E-state index >= 15 is 0 Å². The zero-order valence-electron chi connectivity index (χ0n) is 14.7. The lowest BCUT2D eigenvalue weighted by atomic mass is 10.1. The summed E-state index contributed by atoms with van der Waals surface area (Å²) >= 11 is 5.19. The summed E-state index contributed by atoms with van der Waals surface area (Å²) < 4.78 is 5.17. The molecule has 0 unspecified atom stereocenters. The summed E-state index contributed by atoms with van der Waals surface area (Å²) in [7, 11) is 3.13. The van der Waals surface area contributed by atoms with Crippen LogP contribution in [0.15, 0.2) is 48.5 Å². The van der Waals surface area contributed by atoms with Crippen molar-refractivity contribution in [3.05, 3.63) is 59.7 Å². The van der Waals surface area contributed by atoms with E-state index in [9.17, 15) is 9.59 Å². The summed E-state index contributed by atoms with van der Waals surface area (Å²) in [6, 6.07) is 14.4. The van der Waals surface area contributed by atoms with Gasteiger partial charge in [0.2, 0.25) is 5.91 Å². The first kappa shape index (κ1) is 19.4. The number of nitrogens with one attached hydrogen (secondary N) is 3. The van der Waals surface area contributed by atoms with Crippen molar-refractivity contribution in [3.63, 3.8) is 0 Å². The molecule has 3 N–H and O–H groups in total. The smallest absolute Gasteiger partial charge is 0.261 e. The van der Waals surface area contributed by atoms with Gasteiger partial charge < -0.3 is 15.4 Å². The van der Waals surface area contributed by atoms with E-state index in [4.69, 9.17) is 17.0 Å². The van der Waals surface area contributed by atoms with Crippen LogP contribution in [-0.2, 0) is 11.2 Å². The van der Waals surface area contributed by atoms with E-state index in [-0.39, 0.29) is 16.9 Å². The van der Waals surface area contributed by atoms with E-state index in [1.165, 1.54) is 7.11 Å². The van der Waals surface area contributed by atoms with Crippen molar-refractivity contribution < 1.29 is 14.3 Å². The molecule has 0 aliphatic heterocycles. The van der Waals surface area contributed by atoms with Gasteiger partial charge in [0, 0.05) is 19.2 Å². The standard InChI is InChI=1S/C19H21N3O3S/c1-20-17(23)12-9-13-7-10-14(11-8-13)21-19(26)22-18(24)15-5-3-4-6-16(15)25-2/h3-8,10-11H,9,12H2,1-2H3,(H,20,23)(H2,21,22,24,26). The molecule has 2 aromatic rings. The molecule has 0 aromatic heterocycles. The number of rotatable bonds is 6. The van der Waals surface area contributed by atoms with Gasteiger partial charge in [-0.25, -0.2) is 0 Å². The Kier molecular flexibility index (Phi) is 7.11. The molecule has 0 aliphatic rings. The average molecular weight is 371 g/mol. The topological polar surface area (TPSA) is 79.5 Å². The van der Waals surface area contributed by atoms with E-state index in [0.717, 1.165) is 11.3 Å². The molecule has 136 valence electrons. The van der Waals surface area contributed by atoms with Crippen LogP contribution in [0.2, 0.25) is 0 Å². The summed E-state index contributed by atoms with van der Waals surface area (Å²) in [5.41, 5.74) is 2.20. The number of anilines is 1. The summed E-state index contributed by atoms with van der Waals surface area (Å²) in [4.78, 5) is 23.6. The van der Waals surface area contributed by atoms with Crippen LogP contribution in [0.25, 0.3) is 0 Å². The molecule has 0 saturated carbocycles. The zero-order chi connectivity index (χ0) is 18.9. The van der Waals surface area contributed by atoms with Crippen molar-refractivity contribution >= 4 is 34.8 Å². The average Bonchev–Trinajstić information content (AvgIpc) is 2.66. The van der Waals surface area contributed by atoms with Crippen LogP contribution < -0.4 is 20.7 Å². The fraction of sp³-hybridized carbons (Fsp3) is 0.211. The van der Waals surface area contributed by atoms with Crippen molar-refractivity contribution in [2.24, 2.45) is 0 Å². The Morgan fingerprint density at radius 3 is 2.42 bits per heavy atom. The summed E-state index contributed by atoms with van der Waals surface area (Å²) in [6.07, 6.45) is 1.10. The second-order valence-corrected chi connectivity index (χ2v) is 5.89. The molecule has 0 fully saturated rings. The van der Waals surface area contributed by atoms with Gasteiger partial charge in [-0.05, 0) is 48.5 Å². The lowest BCUT2D eigenvalue weighted by molar-refractivity contribution is -0.120. The monoisotopic (exact) mass is 371 g/mol.